The fourth-order valence-corrected chi connectivity index (χ4v) is 5.67. The molecule has 2 aromatic heterocycles. The van der Waals surface area contributed by atoms with E-state index in [1.54, 1.807) is 23.4 Å². The highest BCUT2D eigenvalue weighted by Crippen LogP contribution is 2.39. The van der Waals surface area contributed by atoms with Crippen LogP contribution in [0.4, 0.5) is 32.2 Å². The lowest BCUT2D eigenvalue weighted by molar-refractivity contribution is 0.0566. The Morgan fingerprint density at radius 1 is 1.20 bits per heavy atom. The van der Waals surface area contributed by atoms with E-state index in [4.69, 9.17) is 9.47 Å². The van der Waals surface area contributed by atoms with Gasteiger partial charge in [0, 0.05) is 35.8 Å². The molecule has 1 aromatic carbocycles. The van der Waals surface area contributed by atoms with Crippen LogP contribution in [0.5, 0.6) is 5.88 Å². The van der Waals surface area contributed by atoms with E-state index in [1.807, 2.05) is 27.7 Å². The van der Waals surface area contributed by atoms with Gasteiger partial charge in [0.05, 0.1) is 36.4 Å². The maximum atomic E-state index is 14.5. The number of aromatic nitrogens is 3. The summed E-state index contributed by atoms with van der Waals surface area (Å²) in [6.45, 7) is 9.28. The average molecular weight is 585 g/mol. The largest absolute Gasteiger partial charge is 0.474 e. The molecule has 1 amide bonds. The van der Waals surface area contributed by atoms with Crippen LogP contribution in [0.3, 0.4) is 0 Å². The molecule has 0 bridgehead atoms. The Balaban J connectivity index is 1.37. The lowest BCUT2D eigenvalue weighted by Gasteiger charge is -2.35. The molecule has 13 heteroatoms. The molecule has 11 nitrogen and oxygen atoms in total. The van der Waals surface area contributed by atoms with E-state index >= 15 is 0 Å². The number of sulfone groups is 1. The maximum Gasteiger partial charge on any atom is 0.415 e. The molecule has 2 aliphatic rings. The van der Waals surface area contributed by atoms with E-state index in [0.717, 1.165) is 28.8 Å². The molecule has 0 fully saturated rings. The van der Waals surface area contributed by atoms with Crippen LogP contribution in [-0.2, 0) is 33.3 Å². The number of ether oxygens (including phenoxy) is 2. The predicted molar refractivity (Wildman–Crippen MR) is 153 cm³/mol. The van der Waals surface area contributed by atoms with E-state index in [9.17, 15) is 17.6 Å². The van der Waals surface area contributed by atoms with Crippen LogP contribution in [0.2, 0.25) is 0 Å². The normalized spacial score (nSPS) is 15.1. The monoisotopic (exact) mass is 584 g/mol. The van der Waals surface area contributed by atoms with Crippen molar-refractivity contribution < 1.29 is 27.1 Å². The van der Waals surface area contributed by atoms with Crippen LogP contribution in [0.1, 0.15) is 43.2 Å². The van der Waals surface area contributed by atoms with Crippen LogP contribution in [0, 0.1) is 12.7 Å². The summed E-state index contributed by atoms with van der Waals surface area (Å²) in [5.74, 6) is -0.303. The van der Waals surface area contributed by atoms with Gasteiger partial charge >= 0.3 is 6.09 Å². The number of carbonyl (C=O) groups excluding carboxylic acids is 1. The second-order valence-electron chi connectivity index (χ2n) is 11.2. The summed E-state index contributed by atoms with van der Waals surface area (Å²) >= 11 is 0. The van der Waals surface area contributed by atoms with Gasteiger partial charge < -0.3 is 19.7 Å². The molecule has 0 saturated carbocycles. The molecule has 4 heterocycles. The first-order valence-electron chi connectivity index (χ1n) is 13.2. The standard InChI is InChI=1S/C28H33FN6O5S/c1-17-23(14-30-25-24(17)35(10-11-39-25)27(36)40-28(2,3)4)34-9-8-18-13-31-26(33-22(18)15-34)32-20-7-6-19(21(29)12-20)16-41(5,37)38/h6-7,12-14H,8-11,15-16H2,1-5H3,(H,31,32,33). The van der Waals surface area contributed by atoms with Crippen LogP contribution >= 0.6 is 0 Å². The predicted octanol–water partition coefficient (Wildman–Crippen LogP) is 4.30. The number of pyridine rings is 1. The summed E-state index contributed by atoms with van der Waals surface area (Å²) in [5.41, 5.74) is 3.98. The molecule has 1 N–H and O–H groups in total. The summed E-state index contributed by atoms with van der Waals surface area (Å²) in [5, 5.41) is 3.01. The molecule has 0 radical (unpaired) electrons. The van der Waals surface area contributed by atoms with Gasteiger partial charge in [-0.15, -0.1) is 0 Å². The number of amides is 1. The van der Waals surface area contributed by atoms with Crippen LogP contribution in [-0.4, -0.2) is 61.0 Å². The van der Waals surface area contributed by atoms with Gasteiger partial charge in [0.1, 0.15) is 23.7 Å². The van der Waals surface area contributed by atoms with Crippen molar-refractivity contribution in [1.82, 2.24) is 15.0 Å². The van der Waals surface area contributed by atoms with Crippen molar-refractivity contribution in [1.29, 1.82) is 0 Å². The first-order chi connectivity index (χ1) is 19.3. The fraction of sp³-hybridized carbons (Fsp3) is 0.429. The molecule has 2 aliphatic heterocycles. The van der Waals surface area contributed by atoms with Crippen molar-refractivity contribution in [2.45, 2.75) is 52.0 Å². The Labute approximate surface area is 238 Å². The minimum atomic E-state index is -3.36. The Bertz CT molecular complexity index is 1610. The van der Waals surface area contributed by atoms with Gasteiger partial charge in [-0.25, -0.2) is 32.6 Å². The SMILES string of the molecule is Cc1c(N2CCc3cnc(Nc4ccc(CS(C)(=O)=O)c(F)c4)nc3C2)cnc2c1N(C(=O)OC(C)(C)C)CCO2. The molecule has 218 valence electrons. The lowest BCUT2D eigenvalue weighted by Crippen LogP contribution is -2.42. The van der Waals surface area contributed by atoms with Crippen molar-refractivity contribution in [3.8, 4) is 5.88 Å². The molecule has 0 atom stereocenters. The number of nitrogens with one attached hydrogen (secondary N) is 1. The molecule has 0 unspecified atom stereocenters. The second-order valence-corrected chi connectivity index (χ2v) is 13.4. The first-order valence-corrected chi connectivity index (χ1v) is 15.3. The zero-order valence-corrected chi connectivity index (χ0v) is 24.5. The van der Waals surface area contributed by atoms with Gasteiger partial charge in [0.2, 0.25) is 11.8 Å². The highest BCUT2D eigenvalue weighted by atomic mass is 32.2. The van der Waals surface area contributed by atoms with Crippen molar-refractivity contribution in [3.63, 3.8) is 0 Å². The third kappa shape index (κ3) is 6.50. The van der Waals surface area contributed by atoms with Crippen molar-refractivity contribution in [3.05, 3.63) is 58.8 Å². The van der Waals surface area contributed by atoms with Crippen LogP contribution in [0.25, 0.3) is 0 Å². The molecule has 5 rings (SSSR count). The molecular weight excluding hydrogens is 551 g/mol. The summed E-state index contributed by atoms with van der Waals surface area (Å²) in [6.07, 6.45) is 4.82. The summed E-state index contributed by atoms with van der Waals surface area (Å²) in [6, 6.07) is 4.27. The molecular formula is C28H33FN6O5S. The highest BCUT2D eigenvalue weighted by Gasteiger charge is 2.32. The third-order valence-corrected chi connectivity index (χ3v) is 7.53. The van der Waals surface area contributed by atoms with Gasteiger partial charge in [0.25, 0.3) is 0 Å². The number of benzene rings is 1. The minimum Gasteiger partial charge on any atom is -0.474 e. The lowest BCUT2D eigenvalue weighted by atomic mass is 10.0. The number of nitrogens with zero attached hydrogens (tertiary/aromatic N) is 5. The van der Waals surface area contributed by atoms with E-state index in [-0.39, 0.29) is 11.3 Å². The second kappa shape index (κ2) is 10.8. The highest BCUT2D eigenvalue weighted by molar-refractivity contribution is 7.89. The Morgan fingerprint density at radius 2 is 1.98 bits per heavy atom. The van der Waals surface area contributed by atoms with Crippen molar-refractivity contribution in [2.75, 3.05) is 41.1 Å². The number of anilines is 4. The zero-order valence-electron chi connectivity index (χ0n) is 23.7. The molecule has 0 saturated heterocycles. The first kappa shape index (κ1) is 28.5. The van der Waals surface area contributed by atoms with Crippen molar-refractivity contribution in [2.24, 2.45) is 0 Å². The number of hydrogen-bond acceptors (Lipinski definition) is 10. The summed E-state index contributed by atoms with van der Waals surface area (Å²) in [4.78, 5) is 30.3. The zero-order chi connectivity index (χ0) is 29.5. The number of halogens is 1. The van der Waals surface area contributed by atoms with Crippen molar-refractivity contribution >= 4 is 38.9 Å². The van der Waals surface area contributed by atoms with Gasteiger partial charge in [-0.1, -0.05) is 6.07 Å². The summed E-state index contributed by atoms with van der Waals surface area (Å²) in [7, 11) is -3.36. The van der Waals surface area contributed by atoms with Crippen LogP contribution in [0.15, 0.2) is 30.6 Å². The maximum absolute atomic E-state index is 14.5. The van der Waals surface area contributed by atoms with E-state index in [1.165, 1.54) is 12.1 Å². The minimum absolute atomic E-state index is 0.102. The quantitative estimate of drug-likeness (QED) is 0.464. The van der Waals surface area contributed by atoms with E-state index in [2.05, 4.69) is 25.2 Å². The van der Waals surface area contributed by atoms with Gasteiger partial charge in [-0.2, -0.15) is 0 Å². The van der Waals surface area contributed by atoms with E-state index in [0.29, 0.717) is 55.9 Å². The van der Waals surface area contributed by atoms with Crippen LogP contribution < -0.4 is 19.9 Å². The van der Waals surface area contributed by atoms with Gasteiger partial charge in [0.15, 0.2) is 9.84 Å². The number of hydrogen-bond donors (Lipinski definition) is 1. The van der Waals surface area contributed by atoms with E-state index < -0.39 is 27.3 Å². The fourth-order valence-electron chi connectivity index (χ4n) is 4.87. The molecule has 3 aromatic rings. The molecule has 0 aliphatic carbocycles. The molecule has 0 spiro atoms. The summed E-state index contributed by atoms with van der Waals surface area (Å²) < 4.78 is 49.0. The Morgan fingerprint density at radius 3 is 2.68 bits per heavy atom. The van der Waals surface area contributed by atoms with Gasteiger partial charge in [-0.3, -0.25) is 4.90 Å². The molecule has 41 heavy (non-hydrogen) atoms. The average Bonchev–Trinajstić information content (AvgIpc) is 2.88. The Hall–Kier alpha value is -4.00. The Kier molecular flexibility index (Phi) is 7.49. The number of fused-ring (bicyclic) bond motifs is 2. The topological polar surface area (TPSA) is 127 Å². The van der Waals surface area contributed by atoms with Gasteiger partial charge in [-0.05, 0) is 51.8 Å². The number of carbonyl (C=O) groups is 1. The third-order valence-electron chi connectivity index (χ3n) is 6.70. The number of rotatable bonds is 5. The smallest absolute Gasteiger partial charge is 0.415 e.